The van der Waals surface area contributed by atoms with Crippen molar-refractivity contribution in [2.75, 3.05) is 64.4 Å². The normalized spacial score (nSPS) is 16.1. The first-order chi connectivity index (χ1) is 16.9. The second-order valence-corrected chi connectivity index (χ2v) is 10.9. The summed E-state index contributed by atoms with van der Waals surface area (Å²) in [6.07, 6.45) is 7.39. The quantitative estimate of drug-likeness (QED) is 0.264. The second-order valence-electron chi connectivity index (χ2n) is 9.30. The number of hydrogen-bond acceptors (Lipinski definition) is 9. The Kier molecular flexibility index (Phi) is 8.83. The zero-order chi connectivity index (χ0) is 24.8. The lowest BCUT2D eigenvalue weighted by Gasteiger charge is -2.32. The van der Waals surface area contributed by atoms with Crippen molar-refractivity contribution in [3.8, 4) is 0 Å². The Morgan fingerprint density at radius 1 is 1.17 bits per heavy atom. The molecule has 0 spiro atoms. The van der Waals surface area contributed by atoms with Gasteiger partial charge in [-0.1, -0.05) is 0 Å². The highest BCUT2D eigenvalue weighted by Gasteiger charge is 2.20. The van der Waals surface area contributed by atoms with Crippen LogP contribution in [0.4, 0.5) is 17.2 Å². The first-order valence-electron chi connectivity index (χ1n) is 12.1. The molecule has 1 aliphatic heterocycles. The lowest BCUT2D eigenvalue weighted by atomic mass is 9.97. The Hall–Kier alpha value is -2.40. The van der Waals surface area contributed by atoms with Gasteiger partial charge in [-0.05, 0) is 63.5 Å². The van der Waals surface area contributed by atoms with Gasteiger partial charge in [0.15, 0.2) is 0 Å². The van der Waals surface area contributed by atoms with Crippen LogP contribution in [0.5, 0.6) is 0 Å². The van der Waals surface area contributed by atoms with Gasteiger partial charge in [-0.15, -0.1) is 24.0 Å². The number of nitrogens with two attached hydrogens (primary N) is 1. The van der Waals surface area contributed by atoms with Gasteiger partial charge in [-0.3, -0.25) is 9.69 Å². The van der Waals surface area contributed by atoms with E-state index >= 15 is 0 Å². The zero-order valence-corrected chi connectivity index (χ0v) is 22.2. The number of rotatable bonds is 6. The number of hydrogen-bond donors (Lipinski definition) is 3. The molecular weight excluding hydrogens is 478 g/mol. The molecule has 3 N–H and O–H groups in total. The minimum Gasteiger partial charge on any atom is -0.398 e. The predicted octanol–water partition coefficient (Wildman–Crippen LogP) is 3.51. The highest BCUT2D eigenvalue weighted by molar-refractivity contribution is 7.80. The van der Waals surface area contributed by atoms with Crippen LogP contribution in [0.3, 0.4) is 0 Å². The van der Waals surface area contributed by atoms with E-state index in [4.69, 9.17) is 5.73 Å². The molecule has 1 fully saturated rings. The summed E-state index contributed by atoms with van der Waals surface area (Å²) in [6, 6.07) is 5.72. The van der Waals surface area contributed by atoms with Crippen LogP contribution < -0.4 is 11.1 Å². The zero-order valence-electron chi connectivity index (χ0n) is 20.5. The van der Waals surface area contributed by atoms with Crippen molar-refractivity contribution in [1.82, 2.24) is 24.7 Å². The van der Waals surface area contributed by atoms with E-state index in [9.17, 15) is 4.79 Å². The molecule has 1 saturated heterocycles. The number of nitrogens with one attached hydrogen (secondary N) is 1. The predicted molar refractivity (Wildman–Crippen MR) is 148 cm³/mol. The maximum Gasteiger partial charge on any atom is 0.209 e. The van der Waals surface area contributed by atoms with Gasteiger partial charge in [0.1, 0.15) is 17.0 Å². The number of anilines is 3. The molecule has 0 radical (unpaired) electrons. The number of thiophene rings is 1. The van der Waals surface area contributed by atoms with Gasteiger partial charge in [0.25, 0.3) is 0 Å². The molecule has 0 unspecified atom stereocenters. The minimum atomic E-state index is 0.676. The van der Waals surface area contributed by atoms with E-state index in [-0.39, 0.29) is 0 Å². The number of nitrogen functional groups attached to an aromatic ring is 1. The standard InChI is InChI=1S/C16H16N4S2.C9H19N3O/c17-11-6-5-9(7-12(11)21)20-15-14-10-3-1-2-4-13(10)22-16(14)19-8-18-15;1-10(2)3-4-11-5-7-12(9-13)8-6-11/h5-8,21H,1-4,17H2,(H,18,19,20);9H,3-8H2,1-2H3. The van der Waals surface area contributed by atoms with Crippen LogP contribution in [-0.2, 0) is 17.6 Å². The highest BCUT2D eigenvalue weighted by atomic mass is 32.1. The number of aryl methyl sites for hydroxylation is 2. The fraction of sp³-hybridized carbons (Fsp3) is 0.480. The molecule has 1 aliphatic carbocycles. The molecule has 0 bridgehead atoms. The van der Waals surface area contributed by atoms with Crippen LogP contribution in [0, 0.1) is 0 Å². The Labute approximate surface area is 216 Å². The number of carbonyl (C=O) groups is 1. The number of thiol groups is 1. The van der Waals surface area contributed by atoms with Crippen LogP contribution in [0.15, 0.2) is 29.4 Å². The van der Waals surface area contributed by atoms with Gasteiger partial charge in [0.05, 0.1) is 5.39 Å². The molecule has 1 aromatic carbocycles. The van der Waals surface area contributed by atoms with Crippen molar-refractivity contribution in [3.63, 3.8) is 0 Å². The number of benzene rings is 1. The number of aromatic nitrogens is 2. The van der Waals surface area contributed by atoms with E-state index in [2.05, 4.69) is 51.8 Å². The average molecular weight is 514 g/mol. The minimum absolute atomic E-state index is 0.676. The van der Waals surface area contributed by atoms with Crippen molar-refractivity contribution in [3.05, 3.63) is 35.0 Å². The maximum atomic E-state index is 10.4. The molecular formula is C25H35N7OS2. The Bertz CT molecular complexity index is 1140. The van der Waals surface area contributed by atoms with E-state index < -0.39 is 0 Å². The van der Waals surface area contributed by atoms with Gasteiger partial charge < -0.3 is 20.9 Å². The highest BCUT2D eigenvalue weighted by Crippen LogP contribution is 2.39. The molecule has 10 heteroatoms. The van der Waals surface area contributed by atoms with Crippen molar-refractivity contribution < 1.29 is 4.79 Å². The van der Waals surface area contributed by atoms with Gasteiger partial charge >= 0.3 is 0 Å². The third kappa shape index (κ3) is 6.63. The lowest BCUT2D eigenvalue weighted by Crippen LogP contribution is -2.47. The number of likely N-dealkylation sites (N-methyl/N-ethyl adjacent to an activating group) is 1. The monoisotopic (exact) mass is 513 g/mol. The third-order valence-corrected chi connectivity index (χ3v) is 8.05. The van der Waals surface area contributed by atoms with Crippen LogP contribution in [0.25, 0.3) is 10.2 Å². The topological polar surface area (TPSA) is 90.6 Å². The van der Waals surface area contributed by atoms with E-state index in [0.717, 1.165) is 73.3 Å². The largest absolute Gasteiger partial charge is 0.398 e. The number of piperazine rings is 1. The summed E-state index contributed by atoms with van der Waals surface area (Å²) in [6.45, 7) is 6.02. The van der Waals surface area contributed by atoms with E-state index in [0.29, 0.717) is 5.69 Å². The van der Waals surface area contributed by atoms with Crippen LogP contribution in [0.2, 0.25) is 0 Å². The second kappa shape index (κ2) is 12.0. The summed E-state index contributed by atoms with van der Waals surface area (Å²) in [5.41, 5.74) is 8.86. The van der Waals surface area contributed by atoms with Crippen LogP contribution in [-0.4, -0.2) is 84.4 Å². The summed E-state index contributed by atoms with van der Waals surface area (Å²) >= 11 is 6.18. The van der Waals surface area contributed by atoms with E-state index in [1.165, 1.54) is 35.1 Å². The first kappa shape index (κ1) is 25.7. The Morgan fingerprint density at radius 3 is 2.66 bits per heavy atom. The number of amides is 1. The molecule has 35 heavy (non-hydrogen) atoms. The average Bonchev–Trinajstić information content (AvgIpc) is 3.25. The molecule has 1 amide bonds. The Morgan fingerprint density at radius 2 is 1.94 bits per heavy atom. The van der Waals surface area contributed by atoms with Crippen molar-refractivity contribution in [2.24, 2.45) is 0 Å². The first-order valence-corrected chi connectivity index (χ1v) is 13.4. The molecule has 0 saturated carbocycles. The molecule has 0 atom stereocenters. The smallest absolute Gasteiger partial charge is 0.209 e. The van der Waals surface area contributed by atoms with Gasteiger partial charge in [-0.2, -0.15) is 0 Å². The number of carbonyl (C=O) groups excluding carboxylic acids is 1. The number of fused-ring (bicyclic) bond motifs is 3. The van der Waals surface area contributed by atoms with E-state index in [1.54, 1.807) is 17.7 Å². The SMILES string of the molecule is CN(C)CCN1CCN(C=O)CC1.Nc1ccc(Nc2ncnc3sc4c(c23)CCCC4)cc1S. The maximum absolute atomic E-state index is 10.4. The summed E-state index contributed by atoms with van der Waals surface area (Å²) in [7, 11) is 4.17. The molecule has 2 aliphatic rings. The van der Waals surface area contributed by atoms with Crippen molar-refractivity contribution in [1.29, 1.82) is 0 Å². The Balaban J connectivity index is 0.000000191. The number of nitrogens with zero attached hydrogens (tertiary/aromatic N) is 5. The van der Waals surface area contributed by atoms with Crippen LogP contribution >= 0.6 is 24.0 Å². The van der Waals surface area contributed by atoms with Gasteiger partial charge in [0, 0.05) is 60.4 Å². The lowest BCUT2D eigenvalue weighted by molar-refractivity contribution is -0.119. The summed E-state index contributed by atoms with van der Waals surface area (Å²) < 4.78 is 0. The van der Waals surface area contributed by atoms with E-state index in [1.807, 2.05) is 23.1 Å². The molecule has 3 aromatic rings. The summed E-state index contributed by atoms with van der Waals surface area (Å²) in [4.78, 5) is 29.1. The summed E-state index contributed by atoms with van der Waals surface area (Å²) in [5, 5.41) is 4.58. The van der Waals surface area contributed by atoms with Gasteiger partial charge in [-0.25, -0.2) is 9.97 Å². The van der Waals surface area contributed by atoms with Crippen LogP contribution in [0.1, 0.15) is 23.3 Å². The van der Waals surface area contributed by atoms with Crippen molar-refractivity contribution in [2.45, 2.75) is 30.6 Å². The van der Waals surface area contributed by atoms with Crippen molar-refractivity contribution >= 4 is 57.8 Å². The summed E-state index contributed by atoms with van der Waals surface area (Å²) in [5.74, 6) is 0.877. The molecule has 188 valence electrons. The fourth-order valence-corrected chi connectivity index (χ4v) is 5.82. The van der Waals surface area contributed by atoms with Gasteiger partial charge in [0.2, 0.25) is 6.41 Å². The molecule has 8 nitrogen and oxygen atoms in total. The fourth-order valence-electron chi connectivity index (χ4n) is 4.38. The molecule has 5 rings (SSSR count). The molecule has 3 heterocycles. The molecule has 2 aromatic heterocycles. The third-order valence-electron chi connectivity index (χ3n) is 6.46.